The number of nitrogens with zero attached hydrogens (tertiary/aromatic N) is 2. The van der Waals surface area contributed by atoms with Crippen LogP contribution in [0.5, 0.6) is 0 Å². The van der Waals surface area contributed by atoms with Gasteiger partial charge in [-0.3, -0.25) is 4.79 Å². The lowest BCUT2D eigenvalue weighted by Crippen LogP contribution is -2.38. The number of hydrogen-bond donors (Lipinski definition) is 2. The van der Waals surface area contributed by atoms with Crippen LogP contribution in [0.15, 0.2) is 42.5 Å². The lowest BCUT2D eigenvalue weighted by atomic mass is 9.87. The highest BCUT2D eigenvalue weighted by molar-refractivity contribution is 5.94. The fourth-order valence-corrected chi connectivity index (χ4v) is 4.03. The van der Waals surface area contributed by atoms with Gasteiger partial charge >= 0.3 is 5.97 Å². The average molecular weight is 363 g/mol. The molecule has 1 amide bonds. The zero-order valence-electron chi connectivity index (χ0n) is 15.1. The van der Waals surface area contributed by atoms with Crippen LogP contribution >= 0.6 is 0 Å². The van der Waals surface area contributed by atoms with E-state index >= 15 is 0 Å². The molecule has 0 unspecified atom stereocenters. The van der Waals surface area contributed by atoms with E-state index in [4.69, 9.17) is 5.11 Å². The first kappa shape index (κ1) is 17.3. The first-order chi connectivity index (χ1) is 13.0. The van der Waals surface area contributed by atoms with E-state index in [1.807, 2.05) is 6.07 Å². The summed E-state index contributed by atoms with van der Waals surface area (Å²) in [5.74, 6) is -0.922. The molecule has 0 saturated carbocycles. The summed E-state index contributed by atoms with van der Waals surface area (Å²) < 4.78 is 0. The average Bonchev–Trinajstić information content (AvgIpc) is 3.03. The van der Waals surface area contributed by atoms with Crippen LogP contribution in [0.1, 0.15) is 51.0 Å². The predicted octanol–water partition coefficient (Wildman–Crippen LogP) is 3.59. The summed E-state index contributed by atoms with van der Waals surface area (Å²) in [5, 5.41) is 10.3. The number of pyridine rings is 1. The van der Waals surface area contributed by atoms with Crippen LogP contribution < -0.4 is 0 Å². The molecule has 27 heavy (non-hydrogen) atoms. The Labute approximate surface area is 156 Å². The van der Waals surface area contributed by atoms with E-state index in [9.17, 15) is 9.59 Å². The van der Waals surface area contributed by atoms with Gasteiger partial charge in [0.2, 0.25) is 0 Å². The van der Waals surface area contributed by atoms with E-state index in [2.05, 4.69) is 35.1 Å². The number of amides is 1. The van der Waals surface area contributed by atoms with E-state index in [1.54, 1.807) is 17.0 Å². The number of aromatic carboxylic acids is 1. The van der Waals surface area contributed by atoms with Gasteiger partial charge in [-0.2, -0.15) is 0 Å². The number of carboxylic acid groups (broad SMARTS) is 1. The highest BCUT2D eigenvalue weighted by Crippen LogP contribution is 2.35. The third-order valence-electron chi connectivity index (χ3n) is 5.32. The summed E-state index contributed by atoms with van der Waals surface area (Å²) >= 11 is 0. The Hall–Kier alpha value is -3.15. The zero-order chi connectivity index (χ0) is 19.0. The van der Waals surface area contributed by atoms with Gasteiger partial charge in [-0.1, -0.05) is 24.3 Å². The normalized spacial score (nSPS) is 15.2. The molecule has 138 valence electrons. The zero-order valence-corrected chi connectivity index (χ0v) is 15.1. The standard InChI is InChI=1S/C21H21N3O3/c1-13-19(15-5-2-3-6-16(15)22-13)14-9-11-24(12-10-14)20(25)17-7-4-8-18(23-17)21(26)27/h2-8,14,22H,9-12H2,1H3,(H,26,27). The van der Waals surface area contributed by atoms with E-state index in [0.717, 1.165) is 18.4 Å². The molecule has 3 heterocycles. The quantitative estimate of drug-likeness (QED) is 0.744. The first-order valence-electron chi connectivity index (χ1n) is 9.11. The van der Waals surface area contributed by atoms with Gasteiger partial charge in [0.15, 0.2) is 0 Å². The van der Waals surface area contributed by atoms with Crippen LogP contribution in [-0.4, -0.2) is 44.9 Å². The molecule has 1 fully saturated rings. The van der Waals surface area contributed by atoms with Gasteiger partial charge < -0.3 is 15.0 Å². The molecule has 4 rings (SSSR count). The minimum Gasteiger partial charge on any atom is -0.477 e. The number of aryl methyl sites for hydroxylation is 1. The fourth-order valence-electron chi connectivity index (χ4n) is 4.03. The maximum Gasteiger partial charge on any atom is 0.354 e. The Bertz CT molecular complexity index is 1020. The van der Waals surface area contributed by atoms with E-state index < -0.39 is 5.97 Å². The maximum absolute atomic E-state index is 12.7. The highest BCUT2D eigenvalue weighted by Gasteiger charge is 2.28. The summed E-state index contributed by atoms with van der Waals surface area (Å²) in [6, 6.07) is 12.8. The fraction of sp³-hybridized carbons (Fsp3) is 0.286. The molecule has 6 heteroatoms. The molecule has 1 aliphatic heterocycles. The molecule has 0 radical (unpaired) electrons. The number of benzene rings is 1. The van der Waals surface area contributed by atoms with Crippen LogP contribution in [0, 0.1) is 6.92 Å². The number of fused-ring (bicyclic) bond motifs is 1. The number of carboxylic acids is 1. The maximum atomic E-state index is 12.7. The van der Waals surface area contributed by atoms with Gasteiger partial charge in [-0.05, 0) is 49.4 Å². The Balaban J connectivity index is 1.50. The molecular weight excluding hydrogens is 342 g/mol. The van der Waals surface area contributed by atoms with Gasteiger partial charge in [-0.15, -0.1) is 0 Å². The van der Waals surface area contributed by atoms with Crippen LogP contribution in [0.4, 0.5) is 0 Å². The number of rotatable bonds is 3. The van der Waals surface area contributed by atoms with Crippen molar-refractivity contribution in [3.8, 4) is 0 Å². The number of aromatic amines is 1. The number of aromatic nitrogens is 2. The summed E-state index contributed by atoms with van der Waals surface area (Å²) in [4.78, 5) is 33.0. The third kappa shape index (κ3) is 3.18. The van der Waals surface area contributed by atoms with Crippen LogP contribution in [0.25, 0.3) is 10.9 Å². The minimum atomic E-state index is -1.13. The van der Waals surface area contributed by atoms with Crippen LogP contribution in [-0.2, 0) is 0 Å². The van der Waals surface area contributed by atoms with Gasteiger partial charge in [-0.25, -0.2) is 9.78 Å². The molecule has 1 aliphatic rings. The van der Waals surface area contributed by atoms with Gasteiger partial charge in [0, 0.05) is 29.7 Å². The molecule has 2 N–H and O–H groups in total. The third-order valence-corrected chi connectivity index (χ3v) is 5.32. The number of carbonyl (C=O) groups is 2. The summed E-state index contributed by atoms with van der Waals surface area (Å²) in [6.45, 7) is 3.39. The van der Waals surface area contributed by atoms with E-state index in [-0.39, 0.29) is 17.3 Å². The van der Waals surface area contributed by atoms with Crippen molar-refractivity contribution in [1.29, 1.82) is 0 Å². The van der Waals surface area contributed by atoms with E-state index in [1.165, 1.54) is 22.7 Å². The number of hydrogen-bond acceptors (Lipinski definition) is 3. The number of carbonyl (C=O) groups excluding carboxylic acids is 1. The van der Waals surface area contributed by atoms with Crippen molar-refractivity contribution in [3.63, 3.8) is 0 Å². The Morgan fingerprint density at radius 2 is 1.78 bits per heavy atom. The summed E-state index contributed by atoms with van der Waals surface area (Å²) in [7, 11) is 0. The van der Waals surface area contributed by atoms with Gasteiger partial charge in [0.25, 0.3) is 5.91 Å². The smallest absolute Gasteiger partial charge is 0.354 e. The number of para-hydroxylation sites is 1. The molecular formula is C21H21N3O3. The molecule has 0 bridgehead atoms. The van der Waals surface area contributed by atoms with Crippen molar-refractivity contribution in [2.75, 3.05) is 13.1 Å². The van der Waals surface area contributed by atoms with E-state index in [0.29, 0.717) is 19.0 Å². The lowest BCUT2D eigenvalue weighted by molar-refractivity contribution is 0.0688. The Kier molecular flexibility index (Phi) is 4.39. The van der Waals surface area contributed by atoms with Gasteiger partial charge in [0.05, 0.1) is 0 Å². The van der Waals surface area contributed by atoms with Crippen molar-refractivity contribution in [2.24, 2.45) is 0 Å². The molecule has 0 spiro atoms. The number of likely N-dealkylation sites (tertiary alicyclic amines) is 1. The first-order valence-corrected chi connectivity index (χ1v) is 9.11. The van der Waals surface area contributed by atoms with Gasteiger partial charge in [0.1, 0.15) is 11.4 Å². The lowest BCUT2D eigenvalue weighted by Gasteiger charge is -2.32. The molecule has 0 aliphatic carbocycles. The molecule has 2 aromatic heterocycles. The van der Waals surface area contributed by atoms with Crippen molar-refractivity contribution in [2.45, 2.75) is 25.7 Å². The van der Waals surface area contributed by atoms with Crippen molar-refractivity contribution >= 4 is 22.8 Å². The number of piperidine rings is 1. The predicted molar refractivity (Wildman–Crippen MR) is 102 cm³/mol. The topological polar surface area (TPSA) is 86.3 Å². The van der Waals surface area contributed by atoms with Crippen LogP contribution in [0.2, 0.25) is 0 Å². The molecule has 1 aromatic carbocycles. The monoisotopic (exact) mass is 363 g/mol. The Morgan fingerprint density at radius 1 is 1.07 bits per heavy atom. The van der Waals surface area contributed by atoms with Crippen molar-refractivity contribution < 1.29 is 14.7 Å². The summed E-state index contributed by atoms with van der Waals surface area (Å²) in [5.41, 5.74) is 3.78. The molecule has 3 aromatic rings. The highest BCUT2D eigenvalue weighted by atomic mass is 16.4. The molecule has 6 nitrogen and oxygen atoms in total. The SMILES string of the molecule is Cc1[nH]c2ccccc2c1C1CCN(C(=O)c2cccc(C(=O)O)n2)CC1. The van der Waals surface area contributed by atoms with Crippen molar-refractivity contribution in [3.05, 3.63) is 65.1 Å². The minimum absolute atomic E-state index is 0.106. The Morgan fingerprint density at radius 3 is 2.52 bits per heavy atom. The second kappa shape index (κ2) is 6.87. The molecule has 0 atom stereocenters. The largest absolute Gasteiger partial charge is 0.477 e. The second-order valence-electron chi connectivity index (χ2n) is 6.99. The summed E-state index contributed by atoms with van der Waals surface area (Å²) in [6.07, 6.45) is 1.76. The second-order valence-corrected chi connectivity index (χ2v) is 6.99. The number of nitrogens with one attached hydrogen (secondary N) is 1. The van der Waals surface area contributed by atoms with Crippen molar-refractivity contribution in [1.82, 2.24) is 14.9 Å². The van der Waals surface area contributed by atoms with Crippen LogP contribution in [0.3, 0.4) is 0 Å². The number of H-pyrrole nitrogens is 1. The molecule has 1 saturated heterocycles.